The minimum absolute atomic E-state index is 0.0484. The van der Waals surface area contributed by atoms with Crippen LogP contribution in [0.5, 0.6) is 5.75 Å². The number of nitro groups is 1. The van der Waals surface area contributed by atoms with Crippen molar-refractivity contribution in [3.8, 4) is 5.75 Å². The number of nitrogens with zero attached hydrogens (tertiary/aromatic N) is 1. The van der Waals surface area contributed by atoms with Gasteiger partial charge < -0.3 is 9.47 Å². The minimum atomic E-state index is -0.771. The van der Waals surface area contributed by atoms with Crippen molar-refractivity contribution < 1.29 is 19.2 Å². The van der Waals surface area contributed by atoms with Gasteiger partial charge in [-0.1, -0.05) is 84.0 Å². The van der Waals surface area contributed by atoms with E-state index in [1.54, 1.807) is 0 Å². The van der Waals surface area contributed by atoms with Gasteiger partial charge in [-0.3, -0.25) is 10.1 Å². The topological polar surface area (TPSA) is 78.7 Å². The summed E-state index contributed by atoms with van der Waals surface area (Å²) in [6.45, 7) is 2.59. The molecule has 0 fully saturated rings. The Balaban J connectivity index is 1.90. The number of rotatable bonds is 16. The van der Waals surface area contributed by atoms with Crippen molar-refractivity contribution in [2.24, 2.45) is 0 Å². The van der Waals surface area contributed by atoms with Crippen molar-refractivity contribution in [2.45, 2.75) is 90.4 Å². The molecule has 1 aromatic rings. The maximum absolute atomic E-state index is 11.6. The Hall–Kier alpha value is -2.11. The van der Waals surface area contributed by atoms with Crippen LogP contribution in [-0.4, -0.2) is 17.7 Å². The molecule has 0 aromatic heterocycles. The molecule has 0 amide bonds. The lowest BCUT2D eigenvalue weighted by atomic mass is 10.0. The number of carbonyl (C=O) groups is 1. The smallest absolute Gasteiger partial charge is 0.434 e. The molecule has 0 N–H and O–H groups in total. The number of nitro benzene ring substituents is 1. The molecule has 0 saturated carbocycles. The van der Waals surface area contributed by atoms with Gasteiger partial charge in [-0.2, -0.15) is 0 Å². The molecule has 0 spiro atoms. The van der Waals surface area contributed by atoms with E-state index in [1.807, 2.05) is 0 Å². The third-order valence-corrected chi connectivity index (χ3v) is 4.72. The summed E-state index contributed by atoms with van der Waals surface area (Å²) < 4.78 is 10.0. The van der Waals surface area contributed by atoms with Crippen LogP contribution in [0.15, 0.2) is 24.3 Å². The predicted octanol–water partition coefficient (Wildman–Crippen LogP) is 7.20. The van der Waals surface area contributed by atoms with E-state index in [4.69, 9.17) is 9.47 Å². The largest absolute Gasteiger partial charge is 0.513 e. The average Bonchev–Trinajstić information content (AvgIpc) is 2.68. The van der Waals surface area contributed by atoms with E-state index in [-0.39, 0.29) is 11.4 Å². The zero-order valence-corrected chi connectivity index (χ0v) is 17.2. The van der Waals surface area contributed by atoms with Gasteiger partial charge in [0.25, 0.3) is 5.69 Å². The number of unbranched alkanes of at least 4 members (excludes halogenated alkanes) is 12. The Morgan fingerprint density at radius 2 is 1.29 bits per heavy atom. The van der Waals surface area contributed by atoms with E-state index in [2.05, 4.69) is 6.92 Å². The SMILES string of the molecule is CCCCCCCCCCCCCCCOC(=O)Oc1ccc([N+](=O)[O-])cc1. The summed E-state index contributed by atoms with van der Waals surface area (Å²) in [4.78, 5) is 21.6. The van der Waals surface area contributed by atoms with Gasteiger partial charge in [0.05, 0.1) is 11.5 Å². The maximum atomic E-state index is 11.6. The molecule has 0 aliphatic heterocycles. The number of non-ortho nitro benzene ring substituents is 1. The molecule has 0 aliphatic rings. The van der Waals surface area contributed by atoms with Gasteiger partial charge in [-0.15, -0.1) is 0 Å². The van der Waals surface area contributed by atoms with Crippen LogP contribution in [-0.2, 0) is 4.74 Å². The normalized spacial score (nSPS) is 10.6. The van der Waals surface area contributed by atoms with Crippen molar-refractivity contribution >= 4 is 11.8 Å². The lowest BCUT2D eigenvalue weighted by Crippen LogP contribution is -2.11. The van der Waals surface area contributed by atoms with Crippen LogP contribution in [0.3, 0.4) is 0 Å². The molecule has 6 heteroatoms. The van der Waals surface area contributed by atoms with E-state index >= 15 is 0 Å². The molecule has 28 heavy (non-hydrogen) atoms. The first-order chi connectivity index (χ1) is 13.6. The van der Waals surface area contributed by atoms with Gasteiger partial charge in [0.15, 0.2) is 0 Å². The van der Waals surface area contributed by atoms with E-state index in [0.29, 0.717) is 6.61 Å². The van der Waals surface area contributed by atoms with Gasteiger partial charge in [-0.25, -0.2) is 4.79 Å². The van der Waals surface area contributed by atoms with E-state index in [1.165, 1.54) is 88.5 Å². The Bertz CT molecular complexity index is 544. The second kappa shape index (κ2) is 15.9. The minimum Gasteiger partial charge on any atom is -0.434 e. The summed E-state index contributed by atoms with van der Waals surface area (Å²) in [7, 11) is 0. The van der Waals surface area contributed by atoms with Crippen LogP contribution in [0, 0.1) is 10.1 Å². The number of carbonyl (C=O) groups excluding carboxylic acids is 1. The summed E-state index contributed by atoms with van der Waals surface area (Å²) in [6, 6.07) is 5.33. The molecule has 158 valence electrons. The fraction of sp³-hybridized carbons (Fsp3) is 0.682. The fourth-order valence-electron chi connectivity index (χ4n) is 3.04. The monoisotopic (exact) mass is 393 g/mol. The Kier molecular flexibility index (Phi) is 13.6. The van der Waals surface area contributed by atoms with Crippen molar-refractivity contribution in [1.29, 1.82) is 0 Å². The van der Waals surface area contributed by atoms with Crippen LogP contribution < -0.4 is 4.74 Å². The van der Waals surface area contributed by atoms with Crippen molar-refractivity contribution in [2.75, 3.05) is 6.61 Å². The van der Waals surface area contributed by atoms with Gasteiger partial charge in [0.1, 0.15) is 5.75 Å². The molecule has 0 heterocycles. The summed E-state index contributed by atoms with van der Waals surface area (Å²) in [5.74, 6) is 0.237. The Morgan fingerprint density at radius 1 is 0.821 bits per heavy atom. The van der Waals surface area contributed by atoms with Gasteiger partial charge in [0.2, 0.25) is 0 Å². The zero-order valence-electron chi connectivity index (χ0n) is 17.2. The average molecular weight is 394 g/mol. The molecule has 0 aliphatic carbocycles. The summed E-state index contributed by atoms with van der Waals surface area (Å²) in [5.41, 5.74) is -0.0484. The molecule has 6 nitrogen and oxygen atoms in total. The molecule has 0 unspecified atom stereocenters. The lowest BCUT2D eigenvalue weighted by Gasteiger charge is -2.06. The Morgan fingerprint density at radius 3 is 1.75 bits per heavy atom. The second-order valence-corrected chi connectivity index (χ2v) is 7.19. The van der Waals surface area contributed by atoms with Gasteiger partial charge in [-0.05, 0) is 18.6 Å². The Labute approximate surface area is 168 Å². The highest BCUT2D eigenvalue weighted by Gasteiger charge is 2.08. The summed E-state index contributed by atoms with van der Waals surface area (Å²) in [6.07, 6.45) is 15.7. The number of benzene rings is 1. The van der Waals surface area contributed by atoms with Crippen LogP contribution >= 0.6 is 0 Å². The van der Waals surface area contributed by atoms with Crippen molar-refractivity contribution in [3.05, 3.63) is 34.4 Å². The molecule has 0 bridgehead atoms. The van der Waals surface area contributed by atoms with Gasteiger partial charge in [0, 0.05) is 12.1 Å². The van der Waals surface area contributed by atoms with Crippen molar-refractivity contribution in [1.82, 2.24) is 0 Å². The van der Waals surface area contributed by atoms with E-state index in [0.717, 1.165) is 19.3 Å². The van der Waals surface area contributed by atoms with E-state index in [9.17, 15) is 14.9 Å². The van der Waals surface area contributed by atoms with Crippen LogP contribution in [0.25, 0.3) is 0 Å². The molecule has 0 saturated heterocycles. The highest BCUT2D eigenvalue weighted by Crippen LogP contribution is 2.18. The standard InChI is InChI=1S/C22H35NO5/c1-2-3-4-5-6-7-8-9-10-11-12-13-14-19-27-22(24)28-21-17-15-20(16-18-21)23(25)26/h15-18H,2-14,19H2,1H3. The first-order valence-corrected chi connectivity index (χ1v) is 10.7. The third-order valence-electron chi connectivity index (χ3n) is 4.72. The highest BCUT2D eigenvalue weighted by atomic mass is 16.7. The quantitative estimate of drug-likeness (QED) is 0.0975. The molecular weight excluding hydrogens is 358 g/mol. The summed E-state index contributed by atoms with van der Waals surface area (Å²) in [5, 5.41) is 10.6. The number of hydrogen-bond donors (Lipinski definition) is 0. The van der Waals surface area contributed by atoms with Gasteiger partial charge >= 0.3 is 6.16 Å². The molecule has 0 atom stereocenters. The number of ether oxygens (including phenoxy) is 2. The van der Waals surface area contributed by atoms with Crippen LogP contribution in [0.1, 0.15) is 90.4 Å². The van der Waals surface area contributed by atoms with E-state index < -0.39 is 11.1 Å². The molecule has 1 aromatic carbocycles. The highest BCUT2D eigenvalue weighted by molar-refractivity contribution is 5.63. The predicted molar refractivity (Wildman–Crippen MR) is 111 cm³/mol. The molecule has 0 radical (unpaired) electrons. The number of hydrogen-bond acceptors (Lipinski definition) is 5. The molecular formula is C22H35NO5. The summed E-state index contributed by atoms with van der Waals surface area (Å²) >= 11 is 0. The van der Waals surface area contributed by atoms with Crippen LogP contribution in [0.4, 0.5) is 10.5 Å². The lowest BCUT2D eigenvalue weighted by molar-refractivity contribution is -0.384. The first-order valence-electron chi connectivity index (χ1n) is 10.7. The van der Waals surface area contributed by atoms with Crippen LogP contribution in [0.2, 0.25) is 0 Å². The zero-order chi connectivity index (χ0) is 20.5. The third kappa shape index (κ3) is 12.3. The maximum Gasteiger partial charge on any atom is 0.513 e. The molecule has 1 rings (SSSR count). The van der Waals surface area contributed by atoms with Crippen molar-refractivity contribution in [3.63, 3.8) is 0 Å². The second-order valence-electron chi connectivity index (χ2n) is 7.19. The first kappa shape index (κ1) is 23.9. The fourth-order valence-corrected chi connectivity index (χ4v) is 3.04.